The number of ether oxygens (including phenoxy) is 2. The highest BCUT2D eigenvalue weighted by molar-refractivity contribution is 6.06. The van der Waals surface area contributed by atoms with E-state index in [1.807, 2.05) is 12.3 Å². The van der Waals surface area contributed by atoms with Crippen molar-refractivity contribution in [3.63, 3.8) is 0 Å². The maximum absolute atomic E-state index is 12.1. The minimum Gasteiger partial charge on any atom is -0.481 e. The molecule has 0 aliphatic heterocycles. The Bertz CT molecular complexity index is 966. The topological polar surface area (TPSA) is 102 Å². The number of benzene rings is 1. The number of hydrogen-bond donors (Lipinski definition) is 2. The molecule has 0 aliphatic carbocycles. The molecule has 1 aromatic carbocycles. The fourth-order valence-corrected chi connectivity index (χ4v) is 3.21. The number of aliphatic carboxylic acids is 1. The van der Waals surface area contributed by atoms with Gasteiger partial charge in [-0.3, -0.25) is 14.6 Å². The average molecular weight is 398 g/mol. The molecule has 2 N–H and O–H groups in total. The molecule has 0 saturated heterocycles. The number of rotatable bonds is 13. The molecule has 2 aromatic heterocycles. The Kier molecular flexibility index (Phi) is 7.72. The van der Waals surface area contributed by atoms with Crippen LogP contribution in [0.3, 0.4) is 0 Å². The molecule has 0 amide bonds. The fraction of sp³-hybridized carbons (Fsp3) is 0.409. The molecule has 29 heavy (non-hydrogen) atoms. The largest absolute Gasteiger partial charge is 0.481 e. The van der Waals surface area contributed by atoms with Gasteiger partial charge in [0.1, 0.15) is 5.78 Å². The molecule has 7 nitrogen and oxygen atoms in total. The van der Waals surface area contributed by atoms with Crippen molar-refractivity contribution in [1.29, 1.82) is 0 Å². The lowest BCUT2D eigenvalue weighted by atomic mass is 10.0. The summed E-state index contributed by atoms with van der Waals surface area (Å²) in [6, 6.07) is 8.23. The minimum absolute atomic E-state index is 0.00107. The van der Waals surface area contributed by atoms with Gasteiger partial charge in [0.2, 0.25) is 0 Å². The number of fused-ring (bicyclic) bond motifs is 3. The number of H-pyrrole nitrogens is 1. The number of carboxylic acids is 1. The van der Waals surface area contributed by atoms with Gasteiger partial charge in [0.25, 0.3) is 0 Å². The highest BCUT2D eigenvalue weighted by atomic mass is 16.5. The number of carbonyl (C=O) groups is 2. The number of carboxylic acid groups (broad SMARTS) is 1. The number of nitrogens with zero attached hydrogens (tertiary/aromatic N) is 1. The second-order valence-electron chi connectivity index (χ2n) is 6.94. The van der Waals surface area contributed by atoms with Crippen LogP contribution in [0.25, 0.3) is 21.8 Å². The van der Waals surface area contributed by atoms with Crippen LogP contribution < -0.4 is 0 Å². The van der Waals surface area contributed by atoms with Crippen molar-refractivity contribution in [1.82, 2.24) is 9.97 Å². The second-order valence-corrected chi connectivity index (χ2v) is 6.94. The monoisotopic (exact) mass is 398 g/mol. The molecule has 0 unspecified atom stereocenters. The molecule has 2 heterocycles. The van der Waals surface area contributed by atoms with Crippen LogP contribution in [-0.2, 0) is 25.5 Å². The summed E-state index contributed by atoms with van der Waals surface area (Å²) in [5.74, 6) is -0.643. The molecular formula is C22H26N2O5. The number of pyridine rings is 1. The number of aryl methyl sites for hydroxylation is 1. The zero-order valence-corrected chi connectivity index (χ0v) is 16.4. The van der Waals surface area contributed by atoms with Gasteiger partial charge >= 0.3 is 5.97 Å². The SMILES string of the molecule is O=C(O)CCOCCOCCCC(=O)CCc1ccc2c(c1)[nH]c1ccncc12. The molecule has 0 bridgehead atoms. The number of nitrogens with one attached hydrogen (secondary N) is 1. The van der Waals surface area contributed by atoms with E-state index in [-0.39, 0.29) is 18.8 Å². The number of aromatic nitrogens is 2. The third kappa shape index (κ3) is 6.37. The predicted molar refractivity (Wildman–Crippen MR) is 110 cm³/mol. The van der Waals surface area contributed by atoms with Gasteiger partial charge in [-0.15, -0.1) is 0 Å². The van der Waals surface area contributed by atoms with Crippen LogP contribution in [-0.4, -0.2) is 53.3 Å². The lowest BCUT2D eigenvalue weighted by Gasteiger charge is -2.05. The van der Waals surface area contributed by atoms with E-state index in [4.69, 9.17) is 14.6 Å². The van der Waals surface area contributed by atoms with Crippen LogP contribution in [0.5, 0.6) is 0 Å². The highest BCUT2D eigenvalue weighted by Crippen LogP contribution is 2.25. The number of hydrogen-bond acceptors (Lipinski definition) is 5. The Hall–Kier alpha value is -2.77. The van der Waals surface area contributed by atoms with E-state index in [0.29, 0.717) is 39.1 Å². The maximum atomic E-state index is 12.1. The molecule has 154 valence electrons. The van der Waals surface area contributed by atoms with Gasteiger partial charge in [-0.2, -0.15) is 0 Å². The minimum atomic E-state index is -0.872. The van der Waals surface area contributed by atoms with Crippen LogP contribution in [0.4, 0.5) is 0 Å². The van der Waals surface area contributed by atoms with Crippen molar-refractivity contribution in [3.8, 4) is 0 Å². The normalized spacial score (nSPS) is 11.3. The van der Waals surface area contributed by atoms with E-state index in [1.54, 1.807) is 6.20 Å². The predicted octanol–water partition coefficient (Wildman–Crippen LogP) is 3.51. The Labute approximate surface area is 169 Å². The Balaban J connectivity index is 1.32. The Morgan fingerprint density at radius 2 is 1.76 bits per heavy atom. The molecule has 3 aromatic rings. The lowest BCUT2D eigenvalue weighted by Crippen LogP contribution is -2.09. The van der Waals surface area contributed by atoms with Crippen molar-refractivity contribution < 1.29 is 24.2 Å². The molecule has 0 saturated carbocycles. The molecule has 7 heteroatoms. The molecular weight excluding hydrogens is 372 g/mol. The van der Waals surface area contributed by atoms with Gasteiger partial charge in [-0.25, -0.2) is 0 Å². The van der Waals surface area contributed by atoms with Crippen molar-refractivity contribution in [2.45, 2.75) is 32.1 Å². The second kappa shape index (κ2) is 10.7. The van der Waals surface area contributed by atoms with Crippen molar-refractivity contribution >= 4 is 33.6 Å². The van der Waals surface area contributed by atoms with E-state index >= 15 is 0 Å². The van der Waals surface area contributed by atoms with Gasteiger partial charge in [0, 0.05) is 53.6 Å². The summed E-state index contributed by atoms with van der Waals surface area (Å²) < 4.78 is 10.5. The van der Waals surface area contributed by atoms with Gasteiger partial charge in [-0.05, 0) is 30.5 Å². The molecule has 0 aliphatic rings. The molecule has 3 rings (SSSR count). The zero-order valence-electron chi connectivity index (χ0n) is 16.4. The standard InChI is InChI=1S/C22H26N2O5/c25-17(2-1-10-28-12-13-29-11-8-22(26)27)5-3-16-4-6-18-19-15-23-9-7-20(19)24-21(18)14-16/h4,6-7,9,14-15,24H,1-3,5,8,10-13H2,(H,26,27). The summed E-state index contributed by atoms with van der Waals surface area (Å²) >= 11 is 0. The number of ketones is 1. The Morgan fingerprint density at radius 1 is 0.931 bits per heavy atom. The van der Waals surface area contributed by atoms with E-state index < -0.39 is 5.97 Å². The first kappa shape index (κ1) is 21.0. The van der Waals surface area contributed by atoms with Gasteiger partial charge in [0.15, 0.2) is 0 Å². The first-order valence-corrected chi connectivity index (χ1v) is 9.87. The van der Waals surface area contributed by atoms with Crippen LogP contribution in [0, 0.1) is 0 Å². The maximum Gasteiger partial charge on any atom is 0.305 e. The first-order valence-electron chi connectivity index (χ1n) is 9.87. The Morgan fingerprint density at radius 3 is 2.59 bits per heavy atom. The summed E-state index contributed by atoms with van der Waals surface area (Å²) in [6.07, 6.45) is 6.06. The summed E-state index contributed by atoms with van der Waals surface area (Å²) in [5, 5.41) is 10.7. The average Bonchev–Trinajstić information content (AvgIpc) is 3.08. The van der Waals surface area contributed by atoms with Crippen LogP contribution in [0.2, 0.25) is 0 Å². The number of Topliss-reactive ketones (excluding diaryl/α,β-unsaturated/α-hetero) is 1. The fourth-order valence-electron chi connectivity index (χ4n) is 3.21. The number of carbonyl (C=O) groups excluding carboxylic acids is 1. The highest BCUT2D eigenvalue weighted by Gasteiger charge is 2.07. The third-order valence-corrected chi connectivity index (χ3v) is 4.73. The molecule has 0 atom stereocenters. The van der Waals surface area contributed by atoms with Crippen LogP contribution in [0.1, 0.15) is 31.2 Å². The summed E-state index contributed by atoms with van der Waals surface area (Å²) in [4.78, 5) is 30.0. The van der Waals surface area contributed by atoms with Crippen molar-refractivity contribution in [2.24, 2.45) is 0 Å². The van der Waals surface area contributed by atoms with Crippen LogP contribution in [0.15, 0.2) is 36.7 Å². The summed E-state index contributed by atoms with van der Waals surface area (Å²) in [5.41, 5.74) is 3.27. The first-order chi connectivity index (χ1) is 14.1. The van der Waals surface area contributed by atoms with Crippen molar-refractivity contribution in [2.75, 3.05) is 26.4 Å². The summed E-state index contributed by atoms with van der Waals surface area (Å²) in [7, 11) is 0. The summed E-state index contributed by atoms with van der Waals surface area (Å²) in [6.45, 7) is 1.48. The van der Waals surface area contributed by atoms with E-state index in [1.165, 1.54) is 0 Å². The molecule has 0 fully saturated rings. The number of aromatic amines is 1. The van der Waals surface area contributed by atoms with Gasteiger partial charge < -0.3 is 19.6 Å². The zero-order chi connectivity index (χ0) is 20.5. The quantitative estimate of drug-likeness (QED) is 0.427. The molecule has 0 spiro atoms. The van der Waals surface area contributed by atoms with E-state index in [0.717, 1.165) is 33.8 Å². The smallest absolute Gasteiger partial charge is 0.305 e. The van der Waals surface area contributed by atoms with Crippen molar-refractivity contribution in [3.05, 3.63) is 42.2 Å². The molecule has 0 radical (unpaired) electrons. The van der Waals surface area contributed by atoms with Gasteiger partial charge in [0.05, 0.1) is 26.2 Å². The third-order valence-electron chi connectivity index (χ3n) is 4.73. The lowest BCUT2D eigenvalue weighted by molar-refractivity contribution is -0.138. The van der Waals surface area contributed by atoms with E-state index in [2.05, 4.69) is 28.2 Å². The van der Waals surface area contributed by atoms with Crippen LogP contribution >= 0.6 is 0 Å². The van der Waals surface area contributed by atoms with Gasteiger partial charge in [-0.1, -0.05) is 12.1 Å². The van der Waals surface area contributed by atoms with E-state index in [9.17, 15) is 9.59 Å².